The number of benzene rings is 1. The molecular weight excluding hydrogens is 354 g/mol. The van der Waals surface area contributed by atoms with Crippen molar-refractivity contribution in [2.75, 3.05) is 11.4 Å². The van der Waals surface area contributed by atoms with Crippen LogP contribution < -0.4 is 4.90 Å². The molecular formula is C14H12BrN3O2S. The quantitative estimate of drug-likeness (QED) is 0.818. The number of nitrogens with zero attached hydrogens (tertiary/aromatic N) is 3. The molecule has 1 aliphatic rings. The second-order valence-electron chi connectivity index (χ2n) is 4.76. The Bertz CT molecular complexity index is 737. The third kappa shape index (κ3) is 2.80. The summed E-state index contributed by atoms with van der Waals surface area (Å²) in [5.41, 5.74) is 2.28. The summed E-state index contributed by atoms with van der Waals surface area (Å²) in [5, 5.41) is 0.0533. The molecule has 0 spiro atoms. The zero-order chi connectivity index (χ0) is 15.0. The lowest BCUT2D eigenvalue weighted by Gasteiger charge is -2.18. The van der Waals surface area contributed by atoms with E-state index in [2.05, 4.69) is 25.9 Å². The van der Waals surface area contributed by atoms with Gasteiger partial charge in [-0.1, -0.05) is 11.8 Å². The zero-order valence-electron chi connectivity index (χ0n) is 11.2. The van der Waals surface area contributed by atoms with Gasteiger partial charge in [0.25, 0.3) is 0 Å². The van der Waals surface area contributed by atoms with Crippen molar-refractivity contribution in [3.8, 4) is 0 Å². The van der Waals surface area contributed by atoms with Gasteiger partial charge in [0.2, 0.25) is 5.91 Å². The SMILES string of the molecule is CC(=O)SC1CC(=O)N(c2ccc3nccnc3c2Br)C1. The first-order valence-corrected chi connectivity index (χ1v) is 8.10. The summed E-state index contributed by atoms with van der Waals surface area (Å²) in [6.45, 7) is 2.06. The molecule has 1 aromatic carbocycles. The van der Waals surface area contributed by atoms with E-state index in [4.69, 9.17) is 0 Å². The molecule has 2 heterocycles. The van der Waals surface area contributed by atoms with E-state index in [-0.39, 0.29) is 16.3 Å². The molecule has 1 unspecified atom stereocenters. The Morgan fingerprint density at radius 2 is 2.14 bits per heavy atom. The molecule has 0 bridgehead atoms. The molecule has 1 fully saturated rings. The van der Waals surface area contributed by atoms with Crippen LogP contribution in [0.15, 0.2) is 29.0 Å². The van der Waals surface area contributed by atoms with Crippen LogP contribution in [0.2, 0.25) is 0 Å². The minimum absolute atomic E-state index is 0.0134. The first-order valence-electron chi connectivity index (χ1n) is 6.43. The number of hydrogen-bond acceptors (Lipinski definition) is 5. The monoisotopic (exact) mass is 365 g/mol. The predicted molar refractivity (Wildman–Crippen MR) is 86.3 cm³/mol. The maximum Gasteiger partial charge on any atom is 0.228 e. The standard InChI is InChI=1S/C14H12BrN3O2S/c1-8(19)21-9-6-12(20)18(7-9)11-3-2-10-14(13(11)15)17-5-4-16-10/h2-5,9H,6-7H2,1H3. The molecule has 1 aromatic heterocycles. The lowest BCUT2D eigenvalue weighted by molar-refractivity contribution is -0.117. The van der Waals surface area contributed by atoms with E-state index >= 15 is 0 Å². The van der Waals surface area contributed by atoms with Crippen LogP contribution in [0.5, 0.6) is 0 Å². The van der Waals surface area contributed by atoms with Gasteiger partial charge in [0.05, 0.1) is 15.7 Å². The molecule has 0 radical (unpaired) electrons. The van der Waals surface area contributed by atoms with Gasteiger partial charge in [-0.05, 0) is 28.1 Å². The average molecular weight is 366 g/mol. The van der Waals surface area contributed by atoms with Gasteiger partial charge < -0.3 is 4.90 Å². The second-order valence-corrected chi connectivity index (χ2v) is 7.03. The smallest absolute Gasteiger partial charge is 0.228 e. The maximum absolute atomic E-state index is 12.2. The number of hydrogen-bond donors (Lipinski definition) is 0. The van der Waals surface area contributed by atoms with Gasteiger partial charge in [-0.15, -0.1) is 0 Å². The molecule has 21 heavy (non-hydrogen) atoms. The molecule has 7 heteroatoms. The highest BCUT2D eigenvalue weighted by atomic mass is 79.9. The zero-order valence-corrected chi connectivity index (χ0v) is 13.6. The van der Waals surface area contributed by atoms with Gasteiger partial charge in [0.1, 0.15) is 5.52 Å². The molecule has 0 N–H and O–H groups in total. The van der Waals surface area contributed by atoms with Crippen LogP contribution in [0.1, 0.15) is 13.3 Å². The summed E-state index contributed by atoms with van der Waals surface area (Å²) < 4.78 is 0.759. The summed E-state index contributed by atoms with van der Waals surface area (Å²) in [6.07, 6.45) is 3.64. The van der Waals surface area contributed by atoms with E-state index < -0.39 is 0 Å². The van der Waals surface area contributed by atoms with Crippen LogP contribution in [-0.4, -0.2) is 32.8 Å². The number of carbonyl (C=O) groups excluding carboxylic acids is 2. The van der Waals surface area contributed by atoms with E-state index in [1.54, 1.807) is 17.3 Å². The van der Waals surface area contributed by atoms with Crippen molar-refractivity contribution in [3.63, 3.8) is 0 Å². The second kappa shape index (κ2) is 5.73. The molecule has 108 valence electrons. The number of anilines is 1. The number of thioether (sulfide) groups is 1. The first kappa shape index (κ1) is 14.5. The number of fused-ring (bicyclic) bond motifs is 1. The summed E-state index contributed by atoms with van der Waals surface area (Å²) in [6, 6.07) is 3.71. The van der Waals surface area contributed by atoms with Gasteiger partial charge in [0.15, 0.2) is 5.12 Å². The van der Waals surface area contributed by atoms with E-state index in [1.807, 2.05) is 12.1 Å². The molecule has 1 atom stereocenters. The Morgan fingerprint density at radius 3 is 2.90 bits per heavy atom. The van der Waals surface area contributed by atoms with Crippen molar-refractivity contribution in [1.29, 1.82) is 0 Å². The molecule has 1 amide bonds. The molecule has 5 nitrogen and oxygen atoms in total. The van der Waals surface area contributed by atoms with Crippen molar-refractivity contribution in [2.45, 2.75) is 18.6 Å². The Hall–Kier alpha value is -1.47. The minimum Gasteiger partial charge on any atom is -0.310 e. The van der Waals surface area contributed by atoms with Crippen LogP contribution in [-0.2, 0) is 9.59 Å². The number of aromatic nitrogens is 2. The van der Waals surface area contributed by atoms with Gasteiger partial charge in [-0.25, -0.2) is 0 Å². The van der Waals surface area contributed by atoms with Crippen LogP contribution in [0, 0.1) is 0 Å². The number of carbonyl (C=O) groups is 2. The first-order chi connectivity index (χ1) is 10.1. The largest absolute Gasteiger partial charge is 0.310 e. The lowest BCUT2D eigenvalue weighted by atomic mass is 10.2. The summed E-state index contributed by atoms with van der Waals surface area (Å²) in [5.74, 6) is 0.0256. The fourth-order valence-electron chi connectivity index (χ4n) is 2.42. The average Bonchev–Trinajstić information content (AvgIpc) is 2.79. The Morgan fingerprint density at radius 1 is 1.38 bits per heavy atom. The van der Waals surface area contributed by atoms with Crippen LogP contribution in [0.4, 0.5) is 5.69 Å². The number of halogens is 1. The predicted octanol–water partition coefficient (Wildman–Crippen LogP) is 2.78. The highest BCUT2D eigenvalue weighted by Crippen LogP contribution is 2.36. The van der Waals surface area contributed by atoms with Gasteiger partial charge in [-0.2, -0.15) is 0 Å². The summed E-state index contributed by atoms with van der Waals surface area (Å²) >= 11 is 4.75. The molecule has 0 saturated carbocycles. The fraction of sp³-hybridized carbons (Fsp3) is 0.286. The molecule has 3 rings (SSSR count). The highest BCUT2D eigenvalue weighted by molar-refractivity contribution is 9.10. The van der Waals surface area contributed by atoms with Gasteiger partial charge >= 0.3 is 0 Å². The van der Waals surface area contributed by atoms with Crippen LogP contribution in [0.25, 0.3) is 11.0 Å². The molecule has 2 aromatic rings. The summed E-state index contributed by atoms with van der Waals surface area (Å²) in [4.78, 5) is 33.6. The number of rotatable bonds is 2. The lowest BCUT2D eigenvalue weighted by Crippen LogP contribution is -2.25. The minimum atomic E-state index is 0.0134. The highest BCUT2D eigenvalue weighted by Gasteiger charge is 2.33. The van der Waals surface area contributed by atoms with Crippen molar-refractivity contribution >= 4 is 55.4 Å². The maximum atomic E-state index is 12.2. The van der Waals surface area contributed by atoms with E-state index in [9.17, 15) is 9.59 Å². The van der Waals surface area contributed by atoms with Gasteiger partial charge in [-0.3, -0.25) is 19.6 Å². The molecule has 1 saturated heterocycles. The van der Waals surface area contributed by atoms with E-state index in [0.29, 0.717) is 13.0 Å². The Balaban J connectivity index is 1.95. The van der Waals surface area contributed by atoms with Gasteiger partial charge in [0, 0.05) is 37.5 Å². The van der Waals surface area contributed by atoms with Crippen LogP contribution >= 0.6 is 27.7 Å². The molecule has 0 aliphatic carbocycles. The Labute approximate surface area is 134 Å². The number of amides is 1. The molecule has 1 aliphatic heterocycles. The van der Waals surface area contributed by atoms with E-state index in [1.165, 1.54) is 18.7 Å². The normalized spacial score (nSPS) is 18.5. The Kier molecular flexibility index (Phi) is 3.95. The van der Waals surface area contributed by atoms with Crippen molar-refractivity contribution in [3.05, 3.63) is 29.0 Å². The third-order valence-electron chi connectivity index (χ3n) is 3.27. The van der Waals surface area contributed by atoms with Crippen LogP contribution in [0.3, 0.4) is 0 Å². The van der Waals surface area contributed by atoms with Crippen molar-refractivity contribution < 1.29 is 9.59 Å². The topological polar surface area (TPSA) is 63.2 Å². The van der Waals surface area contributed by atoms with E-state index in [0.717, 1.165) is 21.2 Å². The third-order valence-corrected chi connectivity index (χ3v) is 5.03. The van der Waals surface area contributed by atoms with Crippen molar-refractivity contribution in [2.24, 2.45) is 0 Å². The fourth-order valence-corrected chi connectivity index (χ4v) is 3.99. The summed E-state index contributed by atoms with van der Waals surface area (Å²) in [7, 11) is 0. The van der Waals surface area contributed by atoms with Crippen molar-refractivity contribution in [1.82, 2.24) is 9.97 Å².